The van der Waals surface area contributed by atoms with Crippen LogP contribution in [0.4, 0.5) is 4.39 Å². The number of esters is 1. The first-order valence-corrected chi connectivity index (χ1v) is 7.38. The molecule has 24 heavy (non-hydrogen) atoms. The monoisotopic (exact) mass is 322 g/mol. The molecule has 0 aliphatic heterocycles. The molecule has 0 amide bonds. The van der Waals surface area contributed by atoms with E-state index in [1.807, 2.05) is 12.1 Å². The van der Waals surface area contributed by atoms with Crippen LogP contribution in [0.2, 0.25) is 0 Å². The molecular formula is C20H15FO3. The maximum Gasteiger partial charge on any atom is 0.343 e. The third kappa shape index (κ3) is 3.60. The Bertz CT molecular complexity index is 822. The fourth-order valence-electron chi connectivity index (χ4n) is 2.25. The summed E-state index contributed by atoms with van der Waals surface area (Å²) in [5.41, 5.74) is 2.25. The zero-order chi connectivity index (χ0) is 16.9. The quantitative estimate of drug-likeness (QED) is 0.515. The van der Waals surface area contributed by atoms with Gasteiger partial charge in [-0.05, 0) is 59.7 Å². The largest absolute Gasteiger partial charge is 0.497 e. The van der Waals surface area contributed by atoms with Crippen molar-refractivity contribution in [1.82, 2.24) is 0 Å². The van der Waals surface area contributed by atoms with E-state index in [1.54, 1.807) is 55.6 Å². The minimum absolute atomic E-state index is 0.274. The van der Waals surface area contributed by atoms with Gasteiger partial charge in [-0.3, -0.25) is 0 Å². The van der Waals surface area contributed by atoms with Gasteiger partial charge in [-0.15, -0.1) is 0 Å². The maximum absolute atomic E-state index is 13.0. The van der Waals surface area contributed by atoms with Gasteiger partial charge < -0.3 is 9.47 Å². The molecule has 3 rings (SSSR count). The number of hydrogen-bond acceptors (Lipinski definition) is 3. The van der Waals surface area contributed by atoms with Crippen LogP contribution >= 0.6 is 0 Å². The number of benzene rings is 3. The van der Waals surface area contributed by atoms with E-state index in [2.05, 4.69) is 0 Å². The van der Waals surface area contributed by atoms with E-state index < -0.39 is 5.97 Å². The number of carbonyl (C=O) groups is 1. The summed E-state index contributed by atoms with van der Waals surface area (Å²) in [5, 5.41) is 0. The SMILES string of the molecule is COc1ccc(C(=O)Oc2ccc(-c3ccc(F)cc3)cc2)cc1. The van der Waals surface area contributed by atoms with Gasteiger partial charge in [-0.25, -0.2) is 9.18 Å². The summed E-state index contributed by atoms with van der Waals surface area (Å²) in [7, 11) is 1.57. The highest BCUT2D eigenvalue weighted by Crippen LogP contribution is 2.23. The van der Waals surface area contributed by atoms with E-state index in [4.69, 9.17) is 9.47 Å². The Labute approximate surface area is 139 Å². The van der Waals surface area contributed by atoms with Gasteiger partial charge in [0, 0.05) is 0 Å². The predicted octanol–water partition coefficient (Wildman–Crippen LogP) is 4.72. The third-order valence-corrected chi connectivity index (χ3v) is 3.57. The van der Waals surface area contributed by atoms with Crippen LogP contribution in [0.1, 0.15) is 10.4 Å². The van der Waals surface area contributed by atoms with Crippen molar-refractivity contribution in [2.24, 2.45) is 0 Å². The van der Waals surface area contributed by atoms with Crippen LogP contribution in [0.5, 0.6) is 11.5 Å². The Morgan fingerprint density at radius 1 is 0.750 bits per heavy atom. The van der Waals surface area contributed by atoms with Crippen molar-refractivity contribution in [3.8, 4) is 22.6 Å². The number of rotatable bonds is 4. The van der Waals surface area contributed by atoms with Crippen LogP contribution in [0, 0.1) is 5.82 Å². The predicted molar refractivity (Wildman–Crippen MR) is 89.8 cm³/mol. The lowest BCUT2D eigenvalue weighted by atomic mass is 10.1. The van der Waals surface area contributed by atoms with Crippen molar-refractivity contribution in [2.75, 3.05) is 7.11 Å². The van der Waals surface area contributed by atoms with Gasteiger partial charge in [0.1, 0.15) is 17.3 Å². The molecule has 120 valence electrons. The summed E-state index contributed by atoms with van der Waals surface area (Å²) < 4.78 is 23.4. The molecule has 0 aromatic heterocycles. The molecule has 0 aliphatic rings. The van der Waals surface area contributed by atoms with E-state index in [0.29, 0.717) is 17.1 Å². The van der Waals surface area contributed by atoms with Crippen LogP contribution in [0.3, 0.4) is 0 Å². The number of carbonyl (C=O) groups excluding carboxylic acids is 1. The highest BCUT2D eigenvalue weighted by molar-refractivity contribution is 5.91. The minimum Gasteiger partial charge on any atom is -0.497 e. The Morgan fingerprint density at radius 2 is 1.25 bits per heavy atom. The summed E-state index contributed by atoms with van der Waals surface area (Å²) in [4.78, 5) is 12.1. The van der Waals surface area contributed by atoms with Gasteiger partial charge in [-0.1, -0.05) is 24.3 Å². The molecule has 4 heteroatoms. The van der Waals surface area contributed by atoms with Crippen LogP contribution in [-0.4, -0.2) is 13.1 Å². The first kappa shape index (κ1) is 15.7. The molecule has 3 aromatic rings. The van der Waals surface area contributed by atoms with Crippen molar-refractivity contribution < 1.29 is 18.7 Å². The molecule has 3 aromatic carbocycles. The summed E-state index contributed by atoms with van der Waals surface area (Å²) in [6.07, 6.45) is 0. The standard InChI is InChI=1S/C20H15FO3/c1-23-18-10-6-16(7-11-18)20(22)24-19-12-4-15(5-13-19)14-2-8-17(21)9-3-14/h2-13H,1H3. The van der Waals surface area contributed by atoms with Crippen LogP contribution < -0.4 is 9.47 Å². The van der Waals surface area contributed by atoms with Crippen molar-refractivity contribution >= 4 is 5.97 Å². The second kappa shape index (κ2) is 6.96. The Hall–Kier alpha value is -3.14. The van der Waals surface area contributed by atoms with Crippen molar-refractivity contribution in [1.29, 1.82) is 0 Å². The summed E-state index contributed by atoms with van der Waals surface area (Å²) >= 11 is 0. The zero-order valence-electron chi connectivity index (χ0n) is 13.0. The molecule has 0 fully saturated rings. The lowest BCUT2D eigenvalue weighted by Crippen LogP contribution is -2.08. The number of methoxy groups -OCH3 is 1. The topological polar surface area (TPSA) is 35.5 Å². The average Bonchev–Trinajstić information content (AvgIpc) is 2.63. The fraction of sp³-hybridized carbons (Fsp3) is 0.0500. The van der Waals surface area contributed by atoms with Crippen LogP contribution in [-0.2, 0) is 0 Å². The van der Waals surface area contributed by atoms with Gasteiger partial charge in [0.05, 0.1) is 12.7 Å². The maximum atomic E-state index is 13.0. The van der Waals surface area contributed by atoms with E-state index >= 15 is 0 Å². The van der Waals surface area contributed by atoms with Crippen LogP contribution in [0.25, 0.3) is 11.1 Å². The minimum atomic E-state index is -0.438. The first-order valence-electron chi connectivity index (χ1n) is 7.38. The molecule has 0 unspecified atom stereocenters. The third-order valence-electron chi connectivity index (χ3n) is 3.57. The summed E-state index contributed by atoms with van der Waals surface area (Å²) in [6, 6.07) is 20.0. The molecule has 0 saturated carbocycles. The molecular weight excluding hydrogens is 307 g/mol. The van der Waals surface area contributed by atoms with E-state index in [9.17, 15) is 9.18 Å². The van der Waals surface area contributed by atoms with Crippen molar-refractivity contribution in [3.63, 3.8) is 0 Å². The molecule has 0 atom stereocenters. The Kier molecular flexibility index (Phi) is 4.57. The van der Waals surface area contributed by atoms with Crippen molar-refractivity contribution in [3.05, 3.63) is 84.2 Å². The molecule has 0 spiro atoms. The van der Waals surface area contributed by atoms with Crippen LogP contribution in [0.15, 0.2) is 72.8 Å². The number of hydrogen-bond donors (Lipinski definition) is 0. The second-order valence-corrected chi connectivity index (χ2v) is 5.15. The zero-order valence-corrected chi connectivity index (χ0v) is 13.0. The smallest absolute Gasteiger partial charge is 0.343 e. The Morgan fingerprint density at radius 3 is 1.79 bits per heavy atom. The molecule has 0 bridgehead atoms. The lowest BCUT2D eigenvalue weighted by molar-refractivity contribution is 0.0735. The molecule has 3 nitrogen and oxygen atoms in total. The number of halogens is 1. The van der Waals surface area contributed by atoms with Gasteiger partial charge in [0.2, 0.25) is 0 Å². The van der Waals surface area contributed by atoms with E-state index in [-0.39, 0.29) is 5.82 Å². The molecule has 0 N–H and O–H groups in total. The van der Waals surface area contributed by atoms with Gasteiger partial charge in [0.25, 0.3) is 0 Å². The highest BCUT2D eigenvalue weighted by Gasteiger charge is 2.09. The normalized spacial score (nSPS) is 10.2. The van der Waals surface area contributed by atoms with Gasteiger partial charge >= 0.3 is 5.97 Å². The summed E-state index contributed by atoms with van der Waals surface area (Å²) in [5.74, 6) is 0.410. The Balaban J connectivity index is 1.71. The van der Waals surface area contributed by atoms with Gasteiger partial charge in [0.15, 0.2) is 0 Å². The van der Waals surface area contributed by atoms with Gasteiger partial charge in [-0.2, -0.15) is 0 Å². The van der Waals surface area contributed by atoms with E-state index in [0.717, 1.165) is 11.1 Å². The lowest BCUT2D eigenvalue weighted by Gasteiger charge is -2.07. The number of ether oxygens (including phenoxy) is 2. The first-order chi connectivity index (χ1) is 11.7. The molecule has 0 aliphatic carbocycles. The van der Waals surface area contributed by atoms with Crippen molar-refractivity contribution in [2.45, 2.75) is 0 Å². The summed E-state index contributed by atoms with van der Waals surface area (Å²) in [6.45, 7) is 0. The van der Waals surface area contributed by atoms with E-state index in [1.165, 1.54) is 12.1 Å². The highest BCUT2D eigenvalue weighted by atomic mass is 19.1. The average molecular weight is 322 g/mol. The molecule has 0 saturated heterocycles. The molecule has 0 radical (unpaired) electrons. The molecule has 0 heterocycles. The second-order valence-electron chi connectivity index (χ2n) is 5.15. The fourth-order valence-corrected chi connectivity index (χ4v) is 2.25.